The number of nitrogens with one attached hydrogen (secondary N) is 1. The van der Waals surface area contributed by atoms with Crippen LogP contribution >= 0.6 is 0 Å². The van der Waals surface area contributed by atoms with Gasteiger partial charge in [-0.1, -0.05) is 48.5 Å². The molecule has 0 aromatic heterocycles. The van der Waals surface area contributed by atoms with Gasteiger partial charge in [0.1, 0.15) is 12.1 Å². The predicted octanol–water partition coefficient (Wildman–Crippen LogP) is 4.17. The largest absolute Gasteiger partial charge is 0.479 e. The number of alkyl carbamates (subject to hydrolysis) is 1. The molecule has 3 aliphatic carbocycles. The fourth-order valence-electron chi connectivity index (χ4n) is 5.62. The summed E-state index contributed by atoms with van der Waals surface area (Å²) in [7, 11) is 0. The summed E-state index contributed by atoms with van der Waals surface area (Å²) in [5, 5.41) is 12.5. The molecule has 3 atom stereocenters. The van der Waals surface area contributed by atoms with E-state index in [0.29, 0.717) is 12.3 Å². The minimum absolute atomic E-state index is 0.00971. The Bertz CT molecular complexity index is 910. The Labute approximate surface area is 163 Å². The summed E-state index contributed by atoms with van der Waals surface area (Å²) in [6.45, 7) is 0.198. The molecule has 0 aliphatic heterocycles. The van der Waals surface area contributed by atoms with E-state index >= 15 is 0 Å². The fourth-order valence-corrected chi connectivity index (χ4v) is 5.62. The summed E-state index contributed by atoms with van der Waals surface area (Å²) in [4.78, 5) is 24.5. The van der Waals surface area contributed by atoms with Crippen LogP contribution in [0.25, 0.3) is 11.1 Å². The van der Waals surface area contributed by atoms with Gasteiger partial charge in [0.15, 0.2) is 0 Å². The molecule has 2 aromatic rings. The van der Waals surface area contributed by atoms with Crippen molar-refractivity contribution >= 4 is 12.1 Å². The summed E-state index contributed by atoms with van der Waals surface area (Å²) in [6, 6.07) is 16.3. The van der Waals surface area contributed by atoms with Crippen molar-refractivity contribution in [3.8, 4) is 11.1 Å². The molecule has 0 unspecified atom stereocenters. The van der Waals surface area contributed by atoms with Crippen LogP contribution in [0.1, 0.15) is 42.7 Å². The number of carboxylic acids is 1. The van der Waals surface area contributed by atoms with Gasteiger partial charge >= 0.3 is 12.1 Å². The van der Waals surface area contributed by atoms with Crippen molar-refractivity contribution in [1.82, 2.24) is 5.32 Å². The fraction of sp³-hybridized carbons (Fsp3) is 0.391. The minimum Gasteiger partial charge on any atom is -0.479 e. The molecule has 2 fully saturated rings. The van der Waals surface area contributed by atoms with Gasteiger partial charge in [-0.2, -0.15) is 0 Å². The van der Waals surface area contributed by atoms with Crippen LogP contribution in [-0.2, 0) is 9.53 Å². The van der Waals surface area contributed by atoms with Crippen molar-refractivity contribution in [2.75, 3.05) is 6.61 Å². The molecule has 5 nitrogen and oxygen atoms in total. The van der Waals surface area contributed by atoms with Gasteiger partial charge in [0.05, 0.1) is 0 Å². The molecular formula is C23H23NO4. The molecule has 2 N–H and O–H groups in total. The SMILES string of the molecule is O=C(N[C@]1(C(=O)O)C[C@H]2CC[C@H]1C2)OCC1c2ccccc2-c2ccccc21. The highest BCUT2D eigenvalue weighted by Crippen LogP contribution is 2.51. The van der Waals surface area contributed by atoms with Crippen LogP contribution in [0.15, 0.2) is 48.5 Å². The lowest BCUT2D eigenvalue weighted by atomic mass is 9.81. The highest BCUT2D eigenvalue weighted by molar-refractivity contribution is 5.85. The lowest BCUT2D eigenvalue weighted by Gasteiger charge is -2.34. The van der Waals surface area contributed by atoms with Crippen molar-refractivity contribution < 1.29 is 19.4 Å². The van der Waals surface area contributed by atoms with Crippen LogP contribution in [0.5, 0.6) is 0 Å². The van der Waals surface area contributed by atoms with E-state index in [4.69, 9.17) is 4.74 Å². The summed E-state index contributed by atoms with van der Waals surface area (Å²) in [5.41, 5.74) is 3.46. The number of benzene rings is 2. The normalized spacial score (nSPS) is 27.3. The first-order chi connectivity index (χ1) is 13.6. The molecule has 0 spiro atoms. The summed E-state index contributed by atoms with van der Waals surface area (Å²) >= 11 is 0. The maximum absolute atomic E-state index is 12.6. The molecule has 2 aromatic carbocycles. The zero-order valence-electron chi connectivity index (χ0n) is 15.6. The van der Waals surface area contributed by atoms with Crippen LogP contribution in [0.3, 0.4) is 0 Å². The summed E-state index contributed by atoms with van der Waals surface area (Å²) in [6.07, 6.45) is 2.69. The second kappa shape index (κ2) is 6.36. The number of amides is 1. The number of carbonyl (C=O) groups is 2. The molecule has 144 valence electrons. The Hall–Kier alpha value is -2.82. The molecule has 2 bridgehead atoms. The van der Waals surface area contributed by atoms with Gasteiger partial charge in [0.25, 0.3) is 0 Å². The standard InChI is InChI=1S/C23H23NO4/c25-21(26)23(12-14-9-10-15(23)11-14)24-22(27)28-13-20-18-7-3-1-5-16(18)17-6-2-4-8-19(17)20/h1-8,14-15,20H,9-13H2,(H,24,27)(H,25,26)/t14-,15-,23+/m0/s1. The van der Waals surface area contributed by atoms with Gasteiger partial charge in [-0.3, -0.25) is 0 Å². The number of ether oxygens (including phenoxy) is 1. The molecule has 5 rings (SSSR count). The Kier molecular flexibility index (Phi) is 3.93. The smallest absolute Gasteiger partial charge is 0.408 e. The number of rotatable bonds is 4. The van der Waals surface area contributed by atoms with Crippen LogP contribution < -0.4 is 5.32 Å². The second-order valence-electron chi connectivity index (χ2n) is 8.31. The van der Waals surface area contributed by atoms with E-state index in [1.54, 1.807) is 0 Å². The Balaban J connectivity index is 1.33. The molecule has 0 saturated heterocycles. The summed E-state index contributed by atoms with van der Waals surface area (Å²) in [5.74, 6) is -0.558. The molecule has 3 aliphatic rings. The monoisotopic (exact) mass is 377 g/mol. The van der Waals surface area contributed by atoms with Crippen LogP contribution in [0.4, 0.5) is 4.79 Å². The van der Waals surface area contributed by atoms with Crippen LogP contribution in [0.2, 0.25) is 0 Å². The number of carboxylic acid groups (broad SMARTS) is 1. The second-order valence-corrected chi connectivity index (χ2v) is 8.31. The van der Waals surface area contributed by atoms with Crippen molar-refractivity contribution in [3.05, 3.63) is 59.7 Å². The number of hydrogen-bond acceptors (Lipinski definition) is 3. The number of hydrogen-bond donors (Lipinski definition) is 2. The number of carbonyl (C=O) groups excluding carboxylic acids is 1. The maximum atomic E-state index is 12.6. The third-order valence-corrected chi connectivity index (χ3v) is 6.90. The van der Waals surface area contributed by atoms with Crippen LogP contribution in [0, 0.1) is 11.8 Å². The molecule has 0 heterocycles. The maximum Gasteiger partial charge on any atom is 0.408 e. The molecule has 5 heteroatoms. The average molecular weight is 377 g/mol. The van der Waals surface area contributed by atoms with E-state index in [-0.39, 0.29) is 18.4 Å². The third kappa shape index (κ3) is 2.53. The van der Waals surface area contributed by atoms with Crippen molar-refractivity contribution in [1.29, 1.82) is 0 Å². The minimum atomic E-state index is -1.16. The first-order valence-electron chi connectivity index (χ1n) is 9.95. The molecule has 0 radical (unpaired) electrons. The zero-order chi connectivity index (χ0) is 19.3. The number of aliphatic carboxylic acids is 1. The van der Waals surface area contributed by atoms with Gasteiger partial charge in [-0.15, -0.1) is 0 Å². The van der Waals surface area contributed by atoms with Gasteiger partial charge in [0, 0.05) is 5.92 Å². The molecule has 28 heavy (non-hydrogen) atoms. The van der Waals surface area contributed by atoms with Gasteiger partial charge in [-0.05, 0) is 59.8 Å². The molecular weight excluding hydrogens is 354 g/mol. The predicted molar refractivity (Wildman–Crippen MR) is 104 cm³/mol. The highest BCUT2D eigenvalue weighted by atomic mass is 16.5. The Morgan fingerprint density at radius 1 is 1.04 bits per heavy atom. The van der Waals surface area contributed by atoms with Gasteiger partial charge < -0.3 is 15.2 Å². The quantitative estimate of drug-likeness (QED) is 0.839. The van der Waals surface area contributed by atoms with E-state index in [9.17, 15) is 14.7 Å². The van der Waals surface area contributed by atoms with Crippen molar-refractivity contribution in [2.24, 2.45) is 11.8 Å². The number of fused-ring (bicyclic) bond motifs is 5. The lowest BCUT2D eigenvalue weighted by molar-refractivity contribution is -0.147. The average Bonchev–Trinajstić information content (AvgIpc) is 3.38. The van der Waals surface area contributed by atoms with E-state index in [0.717, 1.165) is 30.4 Å². The Morgan fingerprint density at radius 3 is 2.21 bits per heavy atom. The Morgan fingerprint density at radius 2 is 1.68 bits per heavy atom. The zero-order valence-corrected chi connectivity index (χ0v) is 15.6. The van der Waals surface area contributed by atoms with E-state index in [1.807, 2.05) is 24.3 Å². The van der Waals surface area contributed by atoms with Crippen molar-refractivity contribution in [3.63, 3.8) is 0 Å². The highest BCUT2D eigenvalue weighted by Gasteiger charge is 2.57. The molecule has 2 saturated carbocycles. The van der Waals surface area contributed by atoms with E-state index in [1.165, 1.54) is 11.1 Å². The van der Waals surface area contributed by atoms with E-state index in [2.05, 4.69) is 29.6 Å². The van der Waals surface area contributed by atoms with E-state index < -0.39 is 17.6 Å². The lowest BCUT2D eigenvalue weighted by Crippen LogP contribution is -2.58. The first kappa shape index (κ1) is 17.3. The van der Waals surface area contributed by atoms with Gasteiger partial charge in [0.2, 0.25) is 0 Å². The first-order valence-corrected chi connectivity index (χ1v) is 9.95. The van der Waals surface area contributed by atoms with Gasteiger partial charge in [-0.25, -0.2) is 9.59 Å². The third-order valence-electron chi connectivity index (χ3n) is 6.90. The van der Waals surface area contributed by atoms with Crippen molar-refractivity contribution in [2.45, 2.75) is 37.1 Å². The molecule has 1 amide bonds. The topological polar surface area (TPSA) is 75.6 Å². The summed E-state index contributed by atoms with van der Waals surface area (Å²) < 4.78 is 5.57. The van der Waals surface area contributed by atoms with Crippen LogP contribution in [-0.4, -0.2) is 29.3 Å².